The van der Waals surface area contributed by atoms with E-state index in [-0.39, 0.29) is 0 Å². The molecule has 0 fully saturated rings. The molecule has 0 radical (unpaired) electrons. The maximum Gasteiger partial charge on any atom is 0.196 e. The van der Waals surface area contributed by atoms with Crippen LogP contribution in [0.1, 0.15) is 19.7 Å². The van der Waals surface area contributed by atoms with Crippen molar-refractivity contribution in [1.29, 1.82) is 0 Å². The van der Waals surface area contributed by atoms with Crippen molar-refractivity contribution >= 4 is 27.5 Å². The van der Waals surface area contributed by atoms with Crippen LogP contribution >= 0.6 is 27.5 Å². The van der Waals surface area contributed by atoms with Gasteiger partial charge in [0.25, 0.3) is 0 Å². The fourth-order valence-electron chi connectivity index (χ4n) is 1.68. The van der Waals surface area contributed by atoms with Gasteiger partial charge in [-0.3, -0.25) is 0 Å². The molecule has 0 bridgehead atoms. The molecule has 0 unspecified atom stereocenters. The van der Waals surface area contributed by atoms with Crippen molar-refractivity contribution in [2.24, 2.45) is 0 Å². The Morgan fingerprint density at radius 3 is 2.89 bits per heavy atom. The van der Waals surface area contributed by atoms with E-state index < -0.39 is 0 Å². The molecule has 0 aliphatic rings. The highest BCUT2D eigenvalue weighted by Crippen LogP contribution is 2.29. The zero-order valence-electron chi connectivity index (χ0n) is 10.9. The number of rotatable bonds is 5. The summed E-state index contributed by atoms with van der Waals surface area (Å²) in [7, 11) is 0. The Morgan fingerprint density at radius 2 is 2.21 bits per heavy atom. The molecule has 0 amide bonds. The number of nitrogens with one attached hydrogen (secondary N) is 1. The first kappa shape index (κ1) is 14.6. The molecule has 19 heavy (non-hydrogen) atoms. The average molecular weight is 344 g/mol. The van der Waals surface area contributed by atoms with Crippen LogP contribution in [-0.4, -0.2) is 17.6 Å². The van der Waals surface area contributed by atoms with E-state index in [2.05, 4.69) is 40.1 Å². The van der Waals surface area contributed by atoms with Gasteiger partial charge in [-0.05, 0) is 34.1 Å². The number of hydrogen-bond acceptors (Lipinski definition) is 3. The highest BCUT2D eigenvalue weighted by atomic mass is 79.9. The summed E-state index contributed by atoms with van der Waals surface area (Å²) >= 11 is 9.44. The number of oxazole rings is 1. The third-order valence-corrected chi connectivity index (χ3v) is 3.88. The normalized spacial score (nSPS) is 11.2. The van der Waals surface area contributed by atoms with E-state index >= 15 is 0 Å². The number of aromatic nitrogens is 1. The number of hydrogen-bond donors (Lipinski definition) is 1. The van der Waals surface area contributed by atoms with Crippen LogP contribution in [-0.2, 0) is 6.42 Å². The second-order valence-electron chi connectivity index (χ2n) is 4.61. The van der Waals surface area contributed by atoms with Crippen molar-refractivity contribution in [2.75, 3.05) is 6.54 Å². The summed E-state index contributed by atoms with van der Waals surface area (Å²) in [6.45, 7) is 5.09. The molecule has 1 aromatic heterocycles. The lowest BCUT2D eigenvalue weighted by atomic mass is 10.2. The summed E-state index contributed by atoms with van der Waals surface area (Å²) in [6, 6.07) is 6.19. The summed E-state index contributed by atoms with van der Waals surface area (Å²) in [4.78, 5) is 4.28. The Bertz CT molecular complexity index is 554. The van der Waals surface area contributed by atoms with Crippen LogP contribution in [0.3, 0.4) is 0 Å². The van der Waals surface area contributed by atoms with Gasteiger partial charge in [-0.2, -0.15) is 0 Å². The molecule has 1 heterocycles. The van der Waals surface area contributed by atoms with Crippen LogP contribution in [0.5, 0.6) is 0 Å². The molecule has 0 atom stereocenters. The zero-order chi connectivity index (χ0) is 13.8. The Labute approximate surface area is 126 Å². The van der Waals surface area contributed by atoms with E-state index in [1.54, 1.807) is 6.20 Å². The average Bonchev–Trinajstić information content (AvgIpc) is 2.81. The smallest absolute Gasteiger partial charge is 0.196 e. The van der Waals surface area contributed by atoms with Crippen LogP contribution in [0.2, 0.25) is 5.02 Å². The van der Waals surface area contributed by atoms with Crippen molar-refractivity contribution in [3.8, 4) is 11.3 Å². The molecular weight excluding hydrogens is 328 g/mol. The quantitative estimate of drug-likeness (QED) is 0.879. The van der Waals surface area contributed by atoms with Gasteiger partial charge in [0.2, 0.25) is 0 Å². The molecule has 2 rings (SSSR count). The van der Waals surface area contributed by atoms with Crippen LogP contribution < -0.4 is 5.32 Å². The largest absolute Gasteiger partial charge is 0.441 e. The second-order valence-corrected chi connectivity index (χ2v) is 5.87. The third kappa shape index (κ3) is 4.06. The van der Waals surface area contributed by atoms with E-state index in [0.29, 0.717) is 11.1 Å². The van der Waals surface area contributed by atoms with Crippen LogP contribution in [0.4, 0.5) is 0 Å². The molecule has 102 valence electrons. The SMILES string of the molecule is CC(C)NCCc1ncc(-c2ccc(Br)c(Cl)c2)o1. The monoisotopic (exact) mass is 342 g/mol. The number of halogens is 2. The van der Waals surface area contributed by atoms with Gasteiger partial charge in [0.15, 0.2) is 11.7 Å². The molecule has 0 spiro atoms. The first-order valence-electron chi connectivity index (χ1n) is 6.20. The summed E-state index contributed by atoms with van der Waals surface area (Å²) in [5, 5.41) is 4.00. The Kier molecular flexibility index (Phi) is 5.02. The highest BCUT2D eigenvalue weighted by molar-refractivity contribution is 9.10. The van der Waals surface area contributed by atoms with Gasteiger partial charge in [-0.25, -0.2) is 4.98 Å². The van der Waals surface area contributed by atoms with E-state index in [1.165, 1.54) is 0 Å². The number of benzene rings is 1. The third-order valence-electron chi connectivity index (χ3n) is 2.65. The van der Waals surface area contributed by atoms with Crippen molar-refractivity contribution in [3.63, 3.8) is 0 Å². The first-order valence-corrected chi connectivity index (χ1v) is 7.37. The van der Waals surface area contributed by atoms with Crippen LogP contribution in [0.15, 0.2) is 33.3 Å². The lowest BCUT2D eigenvalue weighted by Gasteiger charge is -2.05. The molecule has 0 aliphatic carbocycles. The van der Waals surface area contributed by atoms with Gasteiger partial charge in [0, 0.05) is 29.0 Å². The molecule has 1 N–H and O–H groups in total. The van der Waals surface area contributed by atoms with Gasteiger partial charge < -0.3 is 9.73 Å². The predicted octanol–water partition coefficient (Wildman–Crippen LogP) is 4.30. The Balaban J connectivity index is 2.05. The minimum Gasteiger partial charge on any atom is -0.441 e. The fraction of sp³-hybridized carbons (Fsp3) is 0.357. The zero-order valence-corrected chi connectivity index (χ0v) is 13.3. The van der Waals surface area contributed by atoms with Gasteiger partial charge in [0.1, 0.15) is 0 Å². The van der Waals surface area contributed by atoms with E-state index in [4.69, 9.17) is 16.0 Å². The maximum atomic E-state index is 6.07. The second kappa shape index (κ2) is 6.55. The van der Waals surface area contributed by atoms with Gasteiger partial charge in [-0.1, -0.05) is 25.4 Å². The standard InChI is InChI=1S/C14H16BrClN2O/c1-9(2)17-6-5-14-18-8-13(19-14)10-3-4-11(15)12(16)7-10/h3-4,7-9,17H,5-6H2,1-2H3. The van der Waals surface area contributed by atoms with Gasteiger partial charge in [0.05, 0.1) is 11.2 Å². The van der Waals surface area contributed by atoms with Crippen molar-refractivity contribution in [3.05, 3.63) is 39.8 Å². The first-order chi connectivity index (χ1) is 9.06. The van der Waals surface area contributed by atoms with Crippen molar-refractivity contribution < 1.29 is 4.42 Å². The van der Waals surface area contributed by atoms with E-state index in [0.717, 1.165) is 34.7 Å². The van der Waals surface area contributed by atoms with Gasteiger partial charge >= 0.3 is 0 Å². The minimum absolute atomic E-state index is 0.472. The van der Waals surface area contributed by atoms with Crippen molar-refractivity contribution in [2.45, 2.75) is 26.3 Å². The van der Waals surface area contributed by atoms with E-state index in [1.807, 2.05) is 18.2 Å². The van der Waals surface area contributed by atoms with Gasteiger partial charge in [-0.15, -0.1) is 0 Å². The fourth-order valence-corrected chi connectivity index (χ4v) is 2.10. The molecule has 0 saturated carbocycles. The summed E-state index contributed by atoms with van der Waals surface area (Å²) in [5.74, 6) is 1.48. The molecule has 0 aliphatic heterocycles. The molecule has 3 nitrogen and oxygen atoms in total. The molecule has 5 heteroatoms. The molecule has 0 saturated heterocycles. The number of nitrogens with zero attached hydrogens (tertiary/aromatic N) is 1. The summed E-state index contributed by atoms with van der Waals surface area (Å²) in [5.41, 5.74) is 0.934. The topological polar surface area (TPSA) is 38.1 Å². The van der Waals surface area contributed by atoms with Crippen molar-refractivity contribution in [1.82, 2.24) is 10.3 Å². The molecule has 2 aromatic rings. The molecular formula is C14H16BrClN2O. The van der Waals surface area contributed by atoms with Crippen LogP contribution in [0, 0.1) is 0 Å². The Hall–Kier alpha value is -0.840. The predicted molar refractivity (Wildman–Crippen MR) is 81.5 cm³/mol. The highest BCUT2D eigenvalue weighted by Gasteiger charge is 2.08. The molecule has 1 aromatic carbocycles. The Morgan fingerprint density at radius 1 is 1.42 bits per heavy atom. The van der Waals surface area contributed by atoms with Crippen LogP contribution in [0.25, 0.3) is 11.3 Å². The maximum absolute atomic E-state index is 6.07. The lowest BCUT2D eigenvalue weighted by Crippen LogP contribution is -2.24. The summed E-state index contributed by atoms with van der Waals surface area (Å²) < 4.78 is 6.60. The lowest BCUT2D eigenvalue weighted by molar-refractivity contribution is 0.484. The minimum atomic E-state index is 0.472. The summed E-state index contributed by atoms with van der Waals surface area (Å²) in [6.07, 6.45) is 2.52. The van der Waals surface area contributed by atoms with E-state index in [9.17, 15) is 0 Å².